The van der Waals surface area contributed by atoms with E-state index in [9.17, 15) is 22.0 Å². The minimum Gasteiger partial charge on any atom is -0.435 e. The maximum atomic E-state index is 13.2. The van der Waals surface area contributed by atoms with Gasteiger partial charge in [0.1, 0.15) is 5.75 Å². The molecule has 0 bridgehead atoms. The second kappa shape index (κ2) is 9.58. The topological polar surface area (TPSA) is 75.7 Å². The summed E-state index contributed by atoms with van der Waals surface area (Å²) >= 11 is 0. The number of halogens is 2. The van der Waals surface area contributed by atoms with Gasteiger partial charge in [-0.1, -0.05) is 36.4 Å². The van der Waals surface area contributed by atoms with Gasteiger partial charge >= 0.3 is 6.61 Å². The van der Waals surface area contributed by atoms with Gasteiger partial charge in [-0.15, -0.1) is 0 Å². The predicted molar refractivity (Wildman–Crippen MR) is 120 cm³/mol. The molecule has 3 aromatic carbocycles. The van der Waals surface area contributed by atoms with E-state index in [4.69, 9.17) is 0 Å². The summed E-state index contributed by atoms with van der Waals surface area (Å²) in [6, 6.07) is 19.5. The smallest absolute Gasteiger partial charge is 0.387 e. The highest BCUT2D eigenvalue weighted by Gasteiger charge is 2.30. The molecule has 172 valence electrons. The Hall–Kier alpha value is -3.46. The molecule has 0 unspecified atom stereocenters. The number of ether oxygens (including phenoxy) is 1. The standard InChI is InChI=1S/C24H22F2N2O4S/c25-24(26)32-20-10-8-17(9-11-20)12-14-27-23(29)19-5-3-6-21(16-19)33(30,31)28-15-13-18-4-1-2-7-22(18)28/h1-11,16,24H,12-15H2,(H,27,29). The Labute approximate surface area is 190 Å². The maximum Gasteiger partial charge on any atom is 0.387 e. The van der Waals surface area contributed by atoms with Gasteiger partial charge in [-0.2, -0.15) is 8.78 Å². The van der Waals surface area contributed by atoms with Gasteiger partial charge in [0.2, 0.25) is 0 Å². The highest BCUT2D eigenvalue weighted by molar-refractivity contribution is 7.92. The van der Waals surface area contributed by atoms with Crippen LogP contribution in [0.1, 0.15) is 21.5 Å². The van der Waals surface area contributed by atoms with Crippen molar-refractivity contribution in [3.8, 4) is 5.75 Å². The van der Waals surface area contributed by atoms with Crippen molar-refractivity contribution in [1.82, 2.24) is 5.32 Å². The number of sulfonamides is 1. The molecule has 0 saturated carbocycles. The van der Waals surface area contributed by atoms with E-state index in [1.54, 1.807) is 36.4 Å². The molecule has 33 heavy (non-hydrogen) atoms. The lowest BCUT2D eigenvalue weighted by molar-refractivity contribution is -0.0498. The van der Waals surface area contributed by atoms with Crippen LogP contribution in [0.4, 0.5) is 14.5 Å². The van der Waals surface area contributed by atoms with E-state index in [0.29, 0.717) is 31.6 Å². The monoisotopic (exact) mass is 472 g/mol. The number of amides is 1. The number of nitrogens with zero attached hydrogens (tertiary/aromatic N) is 1. The van der Waals surface area contributed by atoms with Crippen LogP contribution in [0.25, 0.3) is 0 Å². The largest absolute Gasteiger partial charge is 0.435 e. The molecule has 6 nitrogen and oxygen atoms in total. The molecule has 3 aromatic rings. The third-order valence-electron chi connectivity index (χ3n) is 5.38. The SMILES string of the molecule is O=C(NCCc1ccc(OC(F)F)cc1)c1cccc(S(=O)(=O)N2CCc3ccccc32)c1. The van der Waals surface area contributed by atoms with Crippen LogP contribution in [0.5, 0.6) is 5.75 Å². The third-order valence-corrected chi connectivity index (χ3v) is 7.19. The van der Waals surface area contributed by atoms with Crippen molar-refractivity contribution in [3.05, 3.63) is 89.5 Å². The molecule has 1 amide bonds. The number of carbonyl (C=O) groups excluding carboxylic acids is 1. The lowest BCUT2D eigenvalue weighted by atomic mass is 10.1. The minimum absolute atomic E-state index is 0.0569. The molecule has 0 saturated heterocycles. The van der Waals surface area contributed by atoms with Gasteiger partial charge in [-0.3, -0.25) is 9.10 Å². The molecule has 1 aliphatic heterocycles. The molecule has 9 heteroatoms. The van der Waals surface area contributed by atoms with Crippen LogP contribution < -0.4 is 14.4 Å². The van der Waals surface area contributed by atoms with Gasteiger partial charge in [0.05, 0.1) is 10.6 Å². The van der Waals surface area contributed by atoms with Gasteiger partial charge in [0.25, 0.3) is 15.9 Å². The van der Waals surface area contributed by atoms with Crippen LogP contribution in [0, 0.1) is 0 Å². The molecule has 0 fully saturated rings. The predicted octanol–water partition coefficient (Wildman–Crippen LogP) is 4.01. The van der Waals surface area contributed by atoms with Crippen molar-refractivity contribution < 1.29 is 26.7 Å². The van der Waals surface area contributed by atoms with Crippen LogP contribution in [-0.4, -0.2) is 34.0 Å². The summed E-state index contributed by atoms with van der Waals surface area (Å²) < 4.78 is 56.5. The van der Waals surface area contributed by atoms with E-state index >= 15 is 0 Å². The number of fused-ring (bicyclic) bond motifs is 1. The maximum absolute atomic E-state index is 13.2. The van der Waals surface area contributed by atoms with Gasteiger partial charge in [0, 0.05) is 18.7 Å². The zero-order valence-corrected chi connectivity index (χ0v) is 18.4. The van der Waals surface area contributed by atoms with Crippen molar-refractivity contribution in [2.45, 2.75) is 24.3 Å². The van der Waals surface area contributed by atoms with Crippen molar-refractivity contribution >= 4 is 21.6 Å². The summed E-state index contributed by atoms with van der Waals surface area (Å²) in [5.74, 6) is -0.331. The Morgan fingerprint density at radius 3 is 2.55 bits per heavy atom. The number of benzene rings is 3. The fourth-order valence-corrected chi connectivity index (χ4v) is 5.29. The first kappa shape index (κ1) is 22.7. The van der Waals surface area contributed by atoms with Crippen molar-refractivity contribution in [1.29, 1.82) is 0 Å². The van der Waals surface area contributed by atoms with Gasteiger partial charge in [0.15, 0.2) is 0 Å². The summed E-state index contributed by atoms with van der Waals surface area (Å²) in [5, 5.41) is 2.76. The zero-order valence-electron chi connectivity index (χ0n) is 17.6. The van der Waals surface area contributed by atoms with Crippen molar-refractivity contribution in [3.63, 3.8) is 0 Å². The number of para-hydroxylation sites is 1. The Balaban J connectivity index is 1.40. The molecule has 0 spiro atoms. The molecule has 0 aromatic heterocycles. The van der Waals surface area contributed by atoms with Crippen molar-refractivity contribution in [2.75, 3.05) is 17.4 Å². The second-order valence-corrected chi connectivity index (χ2v) is 9.37. The van der Waals surface area contributed by atoms with Crippen molar-refractivity contribution in [2.24, 2.45) is 0 Å². The summed E-state index contributed by atoms with van der Waals surface area (Å²) in [5.41, 5.74) is 2.71. The van der Waals surface area contributed by atoms with E-state index in [1.165, 1.54) is 28.6 Å². The van der Waals surface area contributed by atoms with E-state index in [0.717, 1.165) is 11.1 Å². The molecule has 0 atom stereocenters. The van der Waals surface area contributed by atoms with Crippen LogP contribution in [0.2, 0.25) is 0 Å². The average molecular weight is 473 g/mol. The van der Waals surface area contributed by atoms with Crippen LogP contribution in [0.3, 0.4) is 0 Å². The first-order chi connectivity index (χ1) is 15.8. The van der Waals surface area contributed by atoms with Crippen LogP contribution in [0.15, 0.2) is 77.7 Å². The Morgan fingerprint density at radius 1 is 1.03 bits per heavy atom. The normalized spacial score (nSPS) is 13.1. The number of anilines is 1. The number of rotatable bonds is 8. The number of nitrogens with one attached hydrogen (secondary N) is 1. The molecular weight excluding hydrogens is 450 g/mol. The van der Waals surface area contributed by atoms with E-state index < -0.39 is 22.5 Å². The lowest BCUT2D eigenvalue weighted by Gasteiger charge is -2.20. The van der Waals surface area contributed by atoms with E-state index in [1.807, 2.05) is 12.1 Å². The molecule has 4 rings (SSSR count). The zero-order chi connectivity index (χ0) is 23.4. The van der Waals surface area contributed by atoms with E-state index in [2.05, 4.69) is 10.1 Å². The Kier molecular flexibility index (Phi) is 6.60. The highest BCUT2D eigenvalue weighted by atomic mass is 32.2. The second-order valence-electron chi connectivity index (χ2n) is 7.51. The van der Waals surface area contributed by atoms with Gasteiger partial charge < -0.3 is 10.1 Å². The number of alkyl halides is 2. The van der Waals surface area contributed by atoms with Crippen LogP contribution >= 0.6 is 0 Å². The lowest BCUT2D eigenvalue weighted by Crippen LogP contribution is -2.30. The average Bonchev–Trinajstić information content (AvgIpc) is 3.25. The first-order valence-electron chi connectivity index (χ1n) is 10.4. The fourth-order valence-electron chi connectivity index (χ4n) is 3.74. The molecule has 0 aliphatic carbocycles. The van der Waals surface area contributed by atoms with Gasteiger partial charge in [-0.25, -0.2) is 8.42 Å². The summed E-state index contributed by atoms with van der Waals surface area (Å²) in [6.07, 6.45) is 1.12. The molecule has 1 aliphatic rings. The summed E-state index contributed by atoms with van der Waals surface area (Å²) in [4.78, 5) is 12.6. The highest BCUT2D eigenvalue weighted by Crippen LogP contribution is 2.32. The molecule has 1 N–H and O–H groups in total. The van der Waals surface area contributed by atoms with E-state index in [-0.39, 0.29) is 16.2 Å². The molecule has 0 radical (unpaired) electrons. The van der Waals surface area contributed by atoms with Gasteiger partial charge in [-0.05, 0) is 60.4 Å². The number of carbonyl (C=O) groups is 1. The summed E-state index contributed by atoms with van der Waals surface area (Å²) in [6.45, 7) is -2.22. The molecule has 1 heterocycles. The quantitative estimate of drug-likeness (QED) is 0.538. The van der Waals surface area contributed by atoms with Crippen LogP contribution in [-0.2, 0) is 22.9 Å². The first-order valence-corrected chi connectivity index (χ1v) is 11.8. The minimum atomic E-state index is -3.80. The number of hydrogen-bond acceptors (Lipinski definition) is 4. The third kappa shape index (κ3) is 5.14. The number of hydrogen-bond donors (Lipinski definition) is 1. The summed E-state index contributed by atoms with van der Waals surface area (Å²) in [7, 11) is -3.80. The molecular formula is C24H22F2N2O4S. The fraction of sp³-hybridized carbons (Fsp3) is 0.208. The Bertz CT molecular complexity index is 1250. The Morgan fingerprint density at radius 2 is 1.79 bits per heavy atom.